The van der Waals surface area contributed by atoms with Gasteiger partial charge in [-0.2, -0.15) is 0 Å². The van der Waals surface area contributed by atoms with Gasteiger partial charge in [0.2, 0.25) is 5.91 Å². The average molecular weight is 583 g/mol. The van der Waals surface area contributed by atoms with Gasteiger partial charge in [-0.3, -0.25) is 24.5 Å². The van der Waals surface area contributed by atoms with E-state index in [0.717, 1.165) is 38.7 Å². The van der Waals surface area contributed by atoms with E-state index in [2.05, 4.69) is 27.8 Å². The third-order valence-electron chi connectivity index (χ3n) is 7.78. The quantitative estimate of drug-likeness (QED) is 0.334. The van der Waals surface area contributed by atoms with Gasteiger partial charge in [0.05, 0.1) is 25.3 Å². The number of thiophene rings is 1. The van der Waals surface area contributed by atoms with E-state index >= 15 is 0 Å². The number of hydrogen-bond donors (Lipinski definition) is 2. The zero-order valence-corrected chi connectivity index (χ0v) is 23.6. The first-order valence-electron chi connectivity index (χ1n) is 13.2. The Labute approximate surface area is 238 Å². The number of carbonyl (C=O) groups excluding carboxylic acids is 2. The second kappa shape index (κ2) is 9.74. The molecule has 4 aliphatic rings. The average Bonchev–Trinajstić information content (AvgIpc) is 3.82. The van der Waals surface area contributed by atoms with Gasteiger partial charge in [0.1, 0.15) is 35.3 Å². The Hall–Kier alpha value is -3.16. The van der Waals surface area contributed by atoms with Gasteiger partial charge in [0.15, 0.2) is 12.1 Å². The van der Waals surface area contributed by atoms with Crippen LogP contribution in [0.4, 0.5) is 0 Å². The van der Waals surface area contributed by atoms with Gasteiger partial charge in [-0.05, 0) is 44.4 Å². The standard InChI is InChI=1S/C27H27ClN6O5S/c1-11-19-20(13-4-6-14(28)7-5-13)29-16(10-18(35)37-3)23-33-32-12(2)34(23)27(19)40-22(11)21-26(39-21)30-15-8-9-17-25(38-17)31-24(15)36/h4-7,15-17,21,25-26,30H,8-10H2,1-3H3,(H,31,36)/t15?,16-,17?,21?,25?,26?/m0/s1. The fourth-order valence-corrected chi connectivity index (χ4v) is 7.09. The summed E-state index contributed by atoms with van der Waals surface area (Å²) in [5.74, 6) is 0.819. The van der Waals surface area contributed by atoms with E-state index in [4.69, 9.17) is 30.8 Å². The summed E-state index contributed by atoms with van der Waals surface area (Å²) in [4.78, 5) is 31.1. The molecule has 2 N–H and O–H groups in total. The van der Waals surface area contributed by atoms with Crippen molar-refractivity contribution in [1.82, 2.24) is 25.4 Å². The first kappa shape index (κ1) is 25.8. The maximum absolute atomic E-state index is 12.6. The number of carbonyl (C=O) groups is 2. The number of aliphatic imine (C=N–C) groups is 1. The number of halogens is 1. The third kappa shape index (κ3) is 4.44. The first-order valence-corrected chi connectivity index (χ1v) is 14.4. The fraction of sp³-hybridized carbons (Fsp3) is 0.444. The highest BCUT2D eigenvalue weighted by molar-refractivity contribution is 7.15. The zero-order chi connectivity index (χ0) is 27.7. The van der Waals surface area contributed by atoms with Crippen LogP contribution in [-0.2, 0) is 23.8 Å². The van der Waals surface area contributed by atoms with Crippen molar-refractivity contribution < 1.29 is 23.8 Å². The number of epoxide rings is 2. The molecule has 13 heteroatoms. The van der Waals surface area contributed by atoms with Crippen molar-refractivity contribution >= 4 is 40.5 Å². The number of methoxy groups -OCH3 is 1. The van der Waals surface area contributed by atoms with Crippen LogP contribution in [-0.4, -0.2) is 64.1 Å². The first-order chi connectivity index (χ1) is 19.3. The predicted molar refractivity (Wildman–Crippen MR) is 146 cm³/mol. The van der Waals surface area contributed by atoms with Crippen molar-refractivity contribution in [2.24, 2.45) is 4.99 Å². The molecule has 0 bridgehead atoms. The Balaban J connectivity index is 1.27. The van der Waals surface area contributed by atoms with Crippen molar-refractivity contribution in [3.05, 3.63) is 62.5 Å². The molecule has 208 valence electrons. The maximum Gasteiger partial charge on any atom is 0.308 e. The summed E-state index contributed by atoms with van der Waals surface area (Å²) in [6.45, 7) is 3.94. The Morgan fingerprint density at radius 3 is 2.80 bits per heavy atom. The highest BCUT2D eigenvalue weighted by atomic mass is 35.5. The normalized spacial score (nSPS) is 28.3. The number of amides is 1. The van der Waals surface area contributed by atoms with Crippen molar-refractivity contribution in [3.8, 4) is 5.00 Å². The molecule has 4 aliphatic heterocycles. The second-order valence-corrected chi connectivity index (χ2v) is 11.8. The number of aryl methyl sites for hydroxylation is 1. The van der Waals surface area contributed by atoms with Crippen LogP contribution in [0.2, 0.25) is 5.02 Å². The molecule has 40 heavy (non-hydrogen) atoms. The molecule has 1 aromatic carbocycles. The van der Waals surface area contributed by atoms with Crippen LogP contribution < -0.4 is 10.6 Å². The zero-order valence-electron chi connectivity index (χ0n) is 22.0. The topological polar surface area (TPSA) is 136 Å². The molecular weight excluding hydrogens is 556 g/mol. The number of benzene rings is 1. The van der Waals surface area contributed by atoms with Gasteiger partial charge >= 0.3 is 5.97 Å². The third-order valence-corrected chi connectivity index (χ3v) is 9.37. The van der Waals surface area contributed by atoms with Crippen molar-refractivity contribution in [2.75, 3.05) is 7.11 Å². The molecule has 0 radical (unpaired) electrons. The SMILES string of the molecule is COC(=O)C[C@@H]1N=C(c2ccc(Cl)cc2)c2c(sc(C3OC3NC3CCC4OC4NC3=O)c2C)-n2c(C)nnc21. The van der Waals surface area contributed by atoms with Crippen LogP contribution >= 0.6 is 22.9 Å². The van der Waals surface area contributed by atoms with E-state index in [1.54, 1.807) is 11.3 Å². The van der Waals surface area contributed by atoms with Crippen molar-refractivity contribution in [2.45, 2.75) is 69.9 Å². The number of fused-ring (bicyclic) bond motifs is 4. The molecule has 3 aromatic rings. The molecule has 11 nitrogen and oxygen atoms in total. The molecule has 0 aliphatic carbocycles. The Bertz CT molecular complexity index is 1550. The lowest BCUT2D eigenvalue weighted by Crippen LogP contribution is -2.45. The Morgan fingerprint density at radius 2 is 2.02 bits per heavy atom. The van der Waals surface area contributed by atoms with Crippen LogP contribution in [0.5, 0.6) is 0 Å². The van der Waals surface area contributed by atoms with E-state index in [0.29, 0.717) is 23.1 Å². The monoisotopic (exact) mass is 582 g/mol. The molecule has 3 saturated heterocycles. The Kier molecular flexibility index (Phi) is 6.28. The summed E-state index contributed by atoms with van der Waals surface area (Å²) < 4.78 is 18.5. The van der Waals surface area contributed by atoms with Crippen LogP contribution in [0.3, 0.4) is 0 Å². The summed E-state index contributed by atoms with van der Waals surface area (Å²) in [7, 11) is 1.36. The minimum atomic E-state index is -0.586. The molecule has 0 spiro atoms. The molecular formula is C27H27ClN6O5S. The lowest BCUT2D eigenvalue weighted by molar-refractivity contribution is -0.141. The largest absolute Gasteiger partial charge is 0.469 e. The van der Waals surface area contributed by atoms with Gasteiger partial charge in [-0.15, -0.1) is 21.5 Å². The second-order valence-electron chi connectivity index (χ2n) is 10.4. The lowest BCUT2D eigenvalue weighted by Gasteiger charge is -2.14. The van der Waals surface area contributed by atoms with Crippen LogP contribution in [0.15, 0.2) is 29.3 Å². The number of hydrogen-bond acceptors (Lipinski definition) is 10. The number of aromatic nitrogens is 3. The molecule has 5 unspecified atom stereocenters. The van der Waals surface area contributed by atoms with Gasteiger partial charge in [-0.25, -0.2) is 0 Å². The summed E-state index contributed by atoms with van der Waals surface area (Å²) in [5.41, 5.74) is 3.54. The van der Waals surface area contributed by atoms with Gasteiger partial charge in [0, 0.05) is 21.0 Å². The van der Waals surface area contributed by atoms with Gasteiger partial charge < -0.3 is 19.5 Å². The van der Waals surface area contributed by atoms with Crippen LogP contribution in [0.1, 0.15) is 64.6 Å². The number of rotatable bonds is 6. The van der Waals surface area contributed by atoms with Gasteiger partial charge in [-0.1, -0.05) is 23.7 Å². The minimum Gasteiger partial charge on any atom is -0.469 e. The highest BCUT2D eigenvalue weighted by Crippen LogP contribution is 2.48. The van der Waals surface area contributed by atoms with Crippen molar-refractivity contribution in [1.29, 1.82) is 0 Å². The van der Waals surface area contributed by atoms with Crippen LogP contribution in [0, 0.1) is 13.8 Å². The molecule has 1 amide bonds. The number of ether oxygens (including phenoxy) is 3. The molecule has 6 heterocycles. The van der Waals surface area contributed by atoms with E-state index in [1.165, 1.54) is 7.11 Å². The van der Waals surface area contributed by atoms with E-state index in [-0.39, 0.29) is 49.0 Å². The molecule has 3 fully saturated rings. The summed E-state index contributed by atoms with van der Waals surface area (Å²) in [5, 5.41) is 16.6. The molecule has 2 aromatic heterocycles. The molecule has 6 atom stereocenters. The number of esters is 1. The molecule has 0 saturated carbocycles. The summed E-state index contributed by atoms with van der Waals surface area (Å²) in [6.07, 6.45) is 1.02. The maximum atomic E-state index is 12.6. The van der Waals surface area contributed by atoms with E-state index < -0.39 is 6.04 Å². The summed E-state index contributed by atoms with van der Waals surface area (Å²) in [6, 6.07) is 6.58. The number of nitrogens with one attached hydrogen (secondary N) is 2. The summed E-state index contributed by atoms with van der Waals surface area (Å²) >= 11 is 7.80. The van der Waals surface area contributed by atoms with Gasteiger partial charge in [0.25, 0.3) is 0 Å². The van der Waals surface area contributed by atoms with Crippen molar-refractivity contribution in [3.63, 3.8) is 0 Å². The fourth-order valence-electron chi connectivity index (χ4n) is 5.54. The van der Waals surface area contributed by atoms with E-state index in [9.17, 15) is 9.59 Å². The Morgan fingerprint density at radius 1 is 1.23 bits per heavy atom. The highest BCUT2D eigenvalue weighted by Gasteiger charge is 2.49. The predicted octanol–water partition coefficient (Wildman–Crippen LogP) is 3.04. The minimum absolute atomic E-state index is 0.0283. The lowest BCUT2D eigenvalue weighted by atomic mass is 9.99. The van der Waals surface area contributed by atoms with E-state index in [1.807, 2.05) is 35.8 Å². The molecule has 7 rings (SSSR count). The smallest absolute Gasteiger partial charge is 0.308 e. The number of nitrogens with zero attached hydrogens (tertiary/aromatic N) is 4. The van der Waals surface area contributed by atoms with Crippen LogP contribution in [0.25, 0.3) is 5.00 Å².